The van der Waals surface area contributed by atoms with Crippen molar-refractivity contribution in [2.24, 2.45) is 0 Å². The number of carbonyl (C=O) groups excluding carboxylic acids is 1. The van der Waals surface area contributed by atoms with Gasteiger partial charge < -0.3 is 4.74 Å². The van der Waals surface area contributed by atoms with E-state index in [2.05, 4.69) is 37.4 Å². The first-order valence-electron chi connectivity index (χ1n) is 5.35. The zero-order valence-electron chi connectivity index (χ0n) is 10.2. The lowest BCUT2D eigenvalue weighted by Crippen LogP contribution is -2.19. The summed E-state index contributed by atoms with van der Waals surface area (Å²) in [5.74, 6) is -0.000102. The van der Waals surface area contributed by atoms with Crippen LogP contribution in [0.1, 0.15) is 32.3 Å². The second-order valence-corrected chi connectivity index (χ2v) is 4.76. The van der Waals surface area contributed by atoms with E-state index >= 15 is 0 Å². The molecule has 0 saturated heterocycles. The van der Waals surface area contributed by atoms with Crippen LogP contribution in [-0.2, 0) is 9.53 Å². The van der Waals surface area contributed by atoms with Gasteiger partial charge in [-0.15, -0.1) is 11.8 Å². The average Bonchev–Trinajstić information content (AvgIpc) is 2.27. The van der Waals surface area contributed by atoms with Gasteiger partial charge in [-0.3, -0.25) is 4.79 Å². The maximum absolute atomic E-state index is 10.9. The van der Waals surface area contributed by atoms with Crippen LogP contribution in [0.5, 0.6) is 0 Å². The highest BCUT2D eigenvalue weighted by Crippen LogP contribution is 2.24. The minimum atomic E-state index is -0.222. The van der Waals surface area contributed by atoms with Crippen LogP contribution in [0.25, 0.3) is 0 Å². The first-order valence-corrected chi connectivity index (χ1v) is 6.58. The normalized spacial score (nSPS) is 14.2. The lowest BCUT2D eigenvalue weighted by molar-refractivity contribution is -0.146. The van der Waals surface area contributed by atoms with E-state index in [9.17, 15) is 4.79 Å². The van der Waals surface area contributed by atoms with Crippen molar-refractivity contribution in [3.8, 4) is 0 Å². The zero-order valence-corrected chi connectivity index (χ0v) is 11.0. The summed E-state index contributed by atoms with van der Waals surface area (Å²) in [4.78, 5) is 12.1. The minimum Gasteiger partial charge on any atom is -0.462 e. The Morgan fingerprint density at radius 2 is 1.81 bits per heavy atom. The Morgan fingerprint density at radius 1 is 1.25 bits per heavy atom. The van der Waals surface area contributed by atoms with Gasteiger partial charge in [0.1, 0.15) is 6.10 Å². The smallest absolute Gasteiger partial charge is 0.302 e. The SMILES string of the molecule is CSc1ccc([C@H](C)[C@H](C)OC(C)=O)cc1. The second-order valence-electron chi connectivity index (χ2n) is 3.88. The molecule has 0 saturated carbocycles. The molecule has 0 fully saturated rings. The Hall–Kier alpha value is -0.960. The third kappa shape index (κ3) is 3.56. The molecule has 3 heteroatoms. The number of hydrogen-bond acceptors (Lipinski definition) is 3. The molecule has 1 aromatic carbocycles. The van der Waals surface area contributed by atoms with Crippen molar-refractivity contribution in [2.75, 3.05) is 6.26 Å². The predicted octanol–water partition coefficient (Wildman–Crippen LogP) is 3.46. The van der Waals surface area contributed by atoms with Crippen molar-refractivity contribution in [1.82, 2.24) is 0 Å². The summed E-state index contributed by atoms with van der Waals surface area (Å²) in [5, 5.41) is 0. The minimum absolute atomic E-state index is 0.0855. The molecule has 0 aliphatic carbocycles. The molecule has 0 aromatic heterocycles. The van der Waals surface area contributed by atoms with E-state index in [4.69, 9.17) is 4.74 Å². The fourth-order valence-corrected chi connectivity index (χ4v) is 1.95. The molecular formula is C13H18O2S. The topological polar surface area (TPSA) is 26.3 Å². The molecule has 2 atom stereocenters. The van der Waals surface area contributed by atoms with Crippen molar-refractivity contribution in [3.05, 3.63) is 29.8 Å². The molecular weight excluding hydrogens is 220 g/mol. The third-order valence-electron chi connectivity index (χ3n) is 2.70. The van der Waals surface area contributed by atoms with E-state index in [0.29, 0.717) is 0 Å². The Labute approximate surface area is 101 Å². The van der Waals surface area contributed by atoms with Crippen LogP contribution in [-0.4, -0.2) is 18.3 Å². The number of thioether (sulfide) groups is 1. The van der Waals surface area contributed by atoms with Gasteiger partial charge >= 0.3 is 5.97 Å². The average molecular weight is 238 g/mol. The molecule has 0 aliphatic rings. The molecule has 0 N–H and O–H groups in total. The van der Waals surface area contributed by atoms with E-state index in [-0.39, 0.29) is 18.0 Å². The predicted molar refractivity (Wildman–Crippen MR) is 67.9 cm³/mol. The van der Waals surface area contributed by atoms with E-state index in [1.807, 2.05) is 6.92 Å². The molecule has 1 aromatic rings. The Kier molecular flexibility index (Phi) is 4.87. The first-order chi connectivity index (χ1) is 7.54. The quantitative estimate of drug-likeness (QED) is 0.593. The van der Waals surface area contributed by atoms with Gasteiger partial charge in [0.2, 0.25) is 0 Å². The van der Waals surface area contributed by atoms with Gasteiger partial charge in [0, 0.05) is 17.7 Å². The highest BCUT2D eigenvalue weighted by Gasteiger charge is 2.16. The molecule has 0 heterocycles. The maximum atomic E-state index is 10.9. The fourth-order valence-electron chi connectivity index (χ4n) is 1.54. The molecule has 0 radical (unpaired) electrons. The molecule has 0 spiro atoms. The zero-order chi connectivity index (χ0) is 12.1. The van der Waals surface area contributed by atoms with Crippen molar-refractivity contribution in [1.29, 1.82) is 0 Å². The number of esters is 1. The summed E-state index contributed by atoms with van der Waals surface area (Å²) in [6.45, 7) is 5.44. The second kappa shape index (κ2) is 5.94. The van der Waals surface area contributed by atoms with Crippen molar-refractivity contribution >= 4 is 17.7 Å². The van der Waals surface area contributed by atoms with Crippen molar-refractivity contribution in [3.63, 3.8) is 0 Å². The van der Waals surface area contributed by atoms with Crippen LogP contribution in [0.15, 0.2) is 29.2 Å². The van der Waals surface area contributed by atoms with Crippen LogP contribution in [0.2, 0.25) is 0 Å². The van der Waals surface area contributed by atoms with Crippen LogP contribution in [0.4, 0.5) is 0 Å². The van der Waals surface area contributed by atoms with E-state index in [0.717, 1.165) is 0 Å². The van der Waals surface area contributed by atoms with Crippen LogP contribution in [0.3, 0.4) is 0 Å². The van der Waals surface area contributed by atoms with Crippen LogP contribution < -0.4 is 0 Å². The third-order valence-corrected chi connectivity index (χ3v) is 3.44. The summed E-state index contributed by atoms with van der Waals surface area (Å²) >= 11 is 1.72. The van der Waals surface area contributed by atoms with Crippen molar-refractivity contribution in [2.45, 2.75) is 37.7 Å². The summed E-state index contributed by atoms with van der Waals surface area (Å²) in [5.41, 5.74) is 1.20. The molecule has 0 amide bonds. The maximum Gasteiger partial charge on any atom is 0.302 e. The monoisotopic (exact) mass is 238 g/mol. The summed E-state index contributed by atoms with van der Waals surface area (Å²) in [7, 11) is 0. The number of rotatable bonds is 4. The van der Waals surface area contributed by atoms with Gasteiger partial charge in [0.15, 0.2) is 0 Å². The first kappa shape index (κ1) is 13.1. The lowest BCUT2D eigenvalue weighted by atomic mass is 9.96. The Bertz CT molecular complexity index is 345. The standard InChI is InChI=1S/C13H18O2S/c1-9(10(2)15-11(3)14)12-5-7-13(16-4)8-6-12/h5-10H,1-4H3/t9-,10+/m1/s1. The fraction of sp³-hybridized carbons (Fsp3) is 0.462. The summed E-state index contributed by atoms with van der Waals surface area (Å²) < 4.78 is 5.18. The molecule has 88 valence electrons. The number of carbonyl (C=O) groups is 1. The van der Waals surface area contributed by atoms with Gasteiger partial charge in [-0.2, -0.15) is 0 Å². The van der Waals surface area contributed by atoms with E-state index in [1.165, 1.54) is 17.4 Å². The number of ether oxygens (including phenoxy) is 1. The lowest BCUT2D eigenvalue weighted by Gasteiger charge is -2.20. The Balaban J connectivity index is 2.71. The van der Waals surface area contributed by atoms with E-state index < -0.39 is 0 Å². The summed E-state index contributed by atoms with van der Waals surface area (Å²) in [6, 6.07) is 8.38. The van der Waals surface area contributed by atoms with Crippen molar-refractivity contribution < 1.29 is 9.53 Å². The number of benzene rings is 1. The van der Waals surface area contributed by atoms with Gasteiger partial charge in [-0.05, 0) is 30.9 Å². The van der Waals surface area contributed by atoms with Gasteiger partial charge in [-0.1, -0.05) is 19.1 Å². The molecule has 0 unspecified atom stereocenters. The largest absolute Gasteiger partial charge is 0.462 e. The van der Waals surface area contributed by atoms with E-state index in [1.54, 1.807) is 11.8 Å². The highest BCUT2D eigenvalue weighted by atomic mass is 32.2. The molecule has 16 heavy (non-hydrogen) atoms. The Morgan fingerprint density at radius 3 is 2.25 bits per heavy atom. The van der Waals surface area contributed by atoms with Crippen LogP contribution >= 0.6 is 11.8 Å². The molecule has 2 nitrogen and oxygen atoms in total. The van der Waals surface area contributed by atoms with Crippen LogP contribution in [0, 0.1) is 0 Å². The molecule has 0 bridgehead atoms. The number of hydrogen-bond donors (Lipinski definition) is 0. The summed E-state index contributed by atoms with van der Waals surface area (Å²) in [6.07, 6.45) is 1.97. The van der Waals surface area contributed by atoms with Gasteiger partial charge in [0.25, 0.3) is 0 Å². The highest BCUT2D eigenvalue weighted by molar-refractivity contribution is 7.98. The van der Waals surface area contributed by atoms with Gasteiger partial charge in [-0.25, -0.2) is 0 Å². The molecule has 1 rings (SSSR count). The van der Waals surface area contributed by atoms with Gasteiger partial charge in [0.05, 0.1) is 0 Å². The molecule has 0 aliphatic heterocycles.